The number of aryl methyl sites for hydroxylation is 2. The van der Waals surface area contributed by atoms with E-state index in [4.69, 9.17) is 0 Å². The highest BCUT2D eigenvalue weighted by atomic mass is 32.1. The number of thiophene rings is 1. The summed E-state index contributed by atoms with van der Waals surface area (Å²) >= 11 is 1.70. The number of nitrogens with one attached hydrogen (secondary N) is 2. The first-order valence-corrected chi connectivity index (χ1v) is 8.19. The smallest absolute Gasteiger partial charge is 0.261 e. The van der Waals surface area contributed by atoms with E-state index in [0.29, 0.717) is 5.92 Å². The third kappa shape index (κ3) is 2.84. The van der Waals surface area contributed by atoms with Crippen LogP contribution < -0.4 is 10.6 Å². The number of carbonyl (C=O) groups excluding carboxylic acids is 1. The van der Waals surface area contributed by atoms with Crippen molar-refractivity contribution in [3.8, 4) is 0 Å². The summed E-state index contributed by atoms with van der Waals surface area (Å²) in [7, 11) is 0. The van der Waals surface area contributed by atoms with Gasteiger partial charge in [0, 0.05) is 17.5 Å². The summed E-state index contributed by atoms with van der Waals surface area (Å²) in [4.78, 5) is 14.7. The van der Waals surface area contributed by atoms with Crippen LogP contribution in [-0.2, 0) is 12.8 Å². The molecule has 104 valence electrons. The molecule has 0 bridgehead atoms. The molecule has 3 rings (SSSR count). The maximum absolute atomic E-state index is 12.3. The highest BCUT2D eigenvalue weighted by Crippen LogP contribution is 2.29. The van der Waals surface area contributed by atoms with Gasteiger partial charge in [-0.25, -0.2) is 0 Å². The van der Waals surface area contributed by atoms with Crippen molar-refractivity contribution >= 4 is 17.2 Å². The maximum Gasteiger partial charge on any atom is 0.261 e. The van der Waals surface area contributed by atoms with Crippen LogP contribution in [-0.4, -0.2) is 25.0 Å². The molecule has 2 N–H and O–H groups in total. The van der Waals surface area contributed by atoms with Crippen molar-refractivity contribution in [2.45, 2.75) is 45.1 Å². The molecule has 1 amide bonds. The van der Waals surface area contributed by atoms with Gasteiger partial charge in [0.25, 0.3) is 5.91 Å². The summed E-state index contributed by atoms with van der Waals surface area (Å²) < 4.78 is 0. The minimum absolute atomic E-state index is 0.125. The molecule has 4 heteroatoms. The first-order valence-electron chi connectivity index (χ1n) is 7.37. The zero-order valence-corrected chi connectivity index (χ0v) is 12.3. The number of carbonyl (C=O) groups is 1. The van der Waals surface area contributed by atoms with Crippen LogP contribution in [0.15, 0.2) is 6.07 Å². The van der Waals surface area contributed by atoms with Crippen molar-refractivity contribution in [3.05, 3.63) is 21.4 Å². The predicted octanol–water partition coefficient (Wildman–Crippen LogP) is 2.35. The molecule has 0 aromatic carbocycles. The Morgan fingerprint density at radius 3 is 3.05 bits per heavy atom. The lowest BCUT2D eigenvalue weighted by Crippen LogP contribution is -2.50. The standard InChI is InChI=1S/C15H22N2OS/c1-10-6-7-16-9-12(10)17-15(18)14-8-11-4-2-3-5-13(11)19-14/h8,10,12,16H,2-7,9H2,1H3,(H,17,18). The SMILES string of the molecule is CC1CCNCC1NC(=O)c1cc2c(s1)CCCC2. The molecule has 1 saturated heterocycles. The second kappa shape index (κ2) is 5.63. The van der Waals surface area contributed by atoms with Crippen LogP contribution in [0.4, 0.5) is 0 Å². The molecule has 2 aliphatic rings. The van der Waals surface area contributed by atoms with Crippen molar-refractivity contribution < 1.29 is 4.79 Å². The van der Waals surface area contributed by atoms with E-state index in [9.17, 15) is 4.79 Å². The summed E-state index contributed by atoms with van der Waals surface area (Å²) in [6.07, 6.45) is 6.01. The van der Waals surface area contributed by atoms with Gasteiger partial charge in [0.05, 0.1) is 4.88 Å². The zero-order valence-electron chi connectivity index (χ0n) is 11.5. The summed E-state index contributed by atoms with van der Waals surface area (Å²) in [5.74, 6) is 0.694. The Labute approximate surface area is 118 Å². The van der Waals surface area contributed by atoms with Gasteiger partial charge in [0.1, 0.15) is 0 Å². The third-order valence-corrected chi connectivity index (χ3v) is 5.60. The van der Waals surface area contributed by atoms with E-state index in [1.165, 1.54) is 23.3 Å². The molecule has 3 nitrogen and oxygen atoms in total. The lowest BCUT2D eigenvalue weighted by molar-refractivity contribution is 0.0919. The summed E-state index contributed by atoms with van der Waals surface area (Å²) in [5, 5.41) is 6.56. The van der Waals surface area contributed by atoms with E-state index >= 15 is 0 Å². The van der Waals surface area contributed by atoms with E-state index in [1.807, 2.05) is 0 Å². The van der Waals surface area contributed by atoms with Crippen LogP contribution >= 0.6 is 11.3 Å². The van der Waals surface area contributed by atoms with Gasteiger partial charge < -0.3 is 10.6 Å². The number of hydrogen-bond acceptors (Lipinski definition) is 3. The molecule has 2 atom stereocenters. The van der Waals surface area contributed by atoms with Crippen LogP contribution in [0.3, 0.4) is 0 Å². The molecular weight excluding hydrogens is 256 g/mol. The molecular formula is C15H22N2OS. The second-order valence-corrected chi connectivity index (χ2v) is 6.95. The Bertz CT molecular complexity index is 445. The Morgan fingerprint density at radius 2 is 2.26 bits per heavy atom. The van der Waals surface area contributed by atoms with E-state index in [1.54, 1.807) is 11.3 Å². The normalized spacial score (nSPS) is 26.8. The Kier molecular flexibility index (Phi) is 3.89. The molecule has 1 fully saturated rings. The van der Waals surface area contributed by atoms with Crippen LogP contribution in [0.2, 0.25) is 0 Å². The van der Waals surface area contributed by atoms with Gasteiger partial charge in [-0.1, -0.05) is 6.92 Å². The Balaban J connectivity index is 1.68. The Morgan fingerprint density at radius 1 is 1.42 bits per heavy atom. The fraction of sp³-hybridized carbons (Fsp3) is 0.667. The molecule has 2 unspecified atom stereocenters. The van der Waals surface area contributed by atoms with Crippen LogP contribution in [0, 0.1) is 5.92 Å². The molecule has 0 radical (unpaired) electrons. The molecule has 0 spiro atoms. The highest BCUT2D eigenvalue weighted by Gasteiger charge is 2.24. The molecule has 1 aliphatic carbocycles. The van der Waals surface area contributed by atoms with Crippen molar-refractivity contribution in [1.29, 1.82) is 0 Å². The first-order chi connectivity index (χ1) is 9.24. The van der Waals surface area contributed by atoms with Crippen molar-refractivity contribution in [2.75, 3.05) is 13.1 Å². The molecule has 1 aliphatic heterocycles. The fourth-order valence-electron chi connectivity index (χ4n) is 3.03. The maximum atomic E-state index is 12.3. The van der Waals surface area contributed by atoms with Gasteiger partial charge in [-0.15, -0.1) is 11.3 Å². The van der Waals surface area contributed by atoms with E-state index < -0.39 is 0 Å². The van der Waals surface area contributed by atoms with Crippen molar-refractivity contribution in [3.63, 3.8) is 0 Å². The van der Waals surface area contributed by atoms with Crippen LogP contribution in [0.5, 0.6) is 0 Å². The predicted molar refractivity (Wildman–Crippen MR) is 78.9 cm³/mol. The highest BCUT2D eigenvalue weighted by molar-refractivity contribution is 7.14. The number of hydrogen-bond donors (Lipinski definition) is 2. The summed E-state index contributed by atoms with van der Waals surface area (Å²) in [5.41, 5.74) is 1.41. The zero-order chi connectivity index (χ0) is 13.2. The van der Waals surface area contributed by atoms with Gasteiger partial charge in [-0.05, 0) is 56.2 Å². The van der Waals surface area contributed by atoms with Crippen LogP contribution in [0.25, 0.3) is 0 Å². The van der Waals surface area contributed by atoms with Crippen molar-refractivity contribution in [1.82, 2.24) is 10.6 Å². The van der Waals surface area contributed by atoms with E-state index in [-0.39, 0.29) is 11.9 Å². The van der Waals surface area contributed by atoms with Crippen molar-refractivity contribution in [2.24, 2.45) is 5.92 Å². The fourth-order valence-corrected chi connectivity index (χ4v) is 4.18. The molecule has 1 aromatic rings. The summed E-state index contributed by atoms with van der Waals surface area (Å²) in [6, 6.07) is 2.40. The van der Waals surface area contributed by atoms with Gasteiger partial charge in [0.15, 0.2) is 0 Å². The number of amides is 1. The lowest BCUT2D eigenvalue weighted by atomic mass is 9.95. The second-order valence-electron chi connectivity index (χ2n) is 5.82. The monoisotopic (exact) mass is 278 g/mol. The van der Waals surface area contributed by atoms with E-state index in [2.05, 4.69) is 23.6 Å². The quantitative estimate of drug-likeness (QED) is 0.872. The topological polar surface area (TPSA) is 41.1 Å². The molecule has 19 heavy (non-hydrogen) atoms. The van der Waals surface area contributed by atoms with Gasteiger partial charge >= 0.3 is 0 Å². The minimum atomic E-state index is 0.125. The third-order valence-electron chi connectivity index (χ3n) is 4.36. The van der Waals surface area contributed by atoms with Gasteiger partial charge in [-0.3, -0.25) is 4.79 Å². The average molecular weight is 278 g/mol. The lowest BCUT2D eigenvalue weighted by Gasteiger charge is -2.30. The van der Waals surface area contributed by atoms with E-state index in [0.717, 1.165) is 37.2 Å². The molecule has 0 saturated carbocycles. The van der Waals surface area contributed by atoms with Gasteiger partial charge in [-0.2, -0.15) is 0 Å². The average Bonchev–Trinajstić information content (AvgIpc) is 2.85. The number of rotatable bonds is 2. The first kappa shape index (κ1) is 13.1. The largest absolute Gasteiger partial charge is 0.347 e. The Hall–Kier alpha value is -0.870. The number of fused-ring (bicyclic) bond motifs is 1. The molecule has 2 heterocycles. The van der Waals surface area contributed by atoms with Crippen LogP contribution in [0.1, 0.15) is 46.3 Å². The molecule has 1 aromatic heterocycles. The summed E-state index contributed by atoms with van der Waals surface area (Å²) in [6.45, 7) is 4.20. The number of piperidine rings is 1. The van der Waals surface area contributed by atoms with Gasteiger partial charge in [0.2, 0.25) is 0 Å². The minimum Gasteiger partial charge on any atom is -0.347 e.